The van der Waals surface area contributed by atoms with Crippen LogP contribution >= 0.6 is 0 Å². The van der Waals surface area contributed by atoms with Gasteiger partial charge in [0, 0.05) is 5.56 Å². The van der Waals surface area contributed by atoms with E-state index < -0.39 is 5.60 Å². The van der Waals surface area contributed by atoms with Crippen molar-refractivity contribution >= 4 is 6.08 Å². The van der Waals surface area contributed by atoms with Crippen LogP contribution in [-0.4, -0.2) is 22.4 Å². The van der Waals surface area contributed by atoms with E-state index in [0.29, 0.717) is 24.5 Å². The summed E-state index contributed by atoms with van der Waals surface area (Å²) in [6.07, 6.45) is 23.6. The van der Waals surface area contributed by atoms with Crippen molar-refractivity contribution in [3.8, 4) is 23.0 Å². The van der Waals surface area contributed by atoms with E-state index in [0.717, 1.165) is 105 Å². The number of aryl methyl sites for hydroxylation is 2. The predicted molar refractivity (Wildman–Crippen MR) is 195 cm³/mol. The summed E-state index contributed by atoms with van der Waals surface area (Å²) >= 11 is 0. The van der Waals surface area contributed by atoms with E-state index in [4.69, 9.17) is 9.47 Å². The molecule has 2 N–H and O–H groups in total. The molecule has 3 rings (SSSR count). The van der Waals surface area contributed by atoms with E-state index in [1.165, 1.54) is 16.7 Å². The van der Waals surface area contributed by atoms with Crippen LogP contribution in [0.15, 0.2) is 65.3 Å². The number of phenols is 2. The molecule has 0 fully saturated rings. The third-order valence-corrected chi connectivity index (χ3v) is 8.77. The van der Waals surface area contributed by atoms with Crippen LogP contribution in [0.3, 0.4) is 0 Å². The van der Waals surface area contributed by atoms with Gasteiger partial charge in [0.25, 0.3) is 0 Å². The molecule has 2 aromatic carbocycles. The minimum absolute atomic E-state index is 0.262. The zero-order valence-corrected chi connectivity index (χ0v) is 29.8. The van der Waals surface area contributed by atoms with Gasteiger partial charge in [-0.05, 0) is 140 Å². The third-order valence-electron chi connectivity index (χ3n) is 8.77. The molecular weight excluding hydrogens is 568 g/mol. The molecule has 1 atom stereocenters. The average molecular weight is 629 g/mol. The summed E-state index contributed by atoms with van der Waals surface area (Å²) in [4.78, 5) is 0. The Hall–Kier alpha value is -3.40. The fourth-order valence-corrected chi connectivity index (χ4v) is 5.93. The quantitative estimate of drug-likeness (QED) is 0.120. The smallest absolute Gasteiger partial charge is 0.161 e. The molecule has 0 radical (unpaired) electrons. The SMILES string of the molecule is CCCCCc1cc(O)c2c(c1)OC(CCC=C(C)C)(COc1cc(CCCCC)cc(O)c1C/C=C(\C)CCC=C(C)C)C=C2. The molecule has 0 bridgehead atoms. The number of hydrogen-bond donors (Lipinski definition) is 2. The Bertz CT molecular complexity index is 1380. The van der Waals surface area contributed by atoms with Gasteiger partial charge in [0.15, 0.2) is 5.60 Å². The molecule has 1 heterocycles. The molecule has 4 heteroatoms. The summed E-state index contributed by atoms with van der Waals surface area (Å²) in [5, 5.41) is 22.2. The Morgan fingerprint density at radius 1 is 0.783 bits per heavy atom. The second-order valence-corrected chi connectivity index (χ2v) is 13.7. The highest BCUT2D eigenvalue weighted by atomic mass is 16.5. The average Bonchev–Trinajstić information content (AvgIpc) is 2.99. The van der Waals surface area contributed by atoms with Crippen molar-refractivity contribution in [2.24, 2.45) is 0 Å². The Labute approximate surface area is 279 Å². The normalized spacial score (nSPS) is 15.7. The van der Waals surface area contributed by atoms with Gasteiger partial charge < -0.3 is 19.7 Å². The van der Waals surface area contributed by atoms with Gasteiger partial charge in [0.2, 0.25) is 0 Å². The largest absolute Gasteiger partial charge is 0.508 e. The monoisotopic (exact) mass is 628 g/mol. The lowest BCUT2D eigenvalue weighted by molar-refractivity contribution is 0.0517. The summed E-state index contributed by atoms with van der Waals surface area (Å²) in [6, 6.07) is 8.02. The first kappa shape index (κ1) is 37.1. The van der Waals surface area contributed by atoms with E-state index in [-0.39, 0.29) is 5.75 Å². The number of fused-ring (bicyclic) bond motifs is 1. The van der Waals surface area contributed by atoms with E-state index in [9.17, 15) is 10.2 Å². The maximum atomic E-state index is 11.3. The summed E-state index contributed by atoms with van der Waals surface area (Å²) in [6.45, 7) is 15.4. The highest BCUT2D eigenvalue weighted by Gasteiger charge is 2.35. The minimum atomic E-state index is -0.714. The topological polar surface area (TPSA) is 58.9 Å². The first-order valence-electron chi connectivity index (χ1n) is 17.7. The van der Waals surface area contributed by atoms with Crippen LogP contribution in [0.5, 0.6) is 23.0 Å². The van der Waals surface area contributed by atoms with Crippen LogP contribution in [0.4, 0.5) is 0 Å². The van der Waals surface area contributed by atoms with Gasteiger partial charge in [-0.25, -0.2) is 0 Å². The number of rotatable bonds is 19. The van der Waals surface area contributed by atoms with Crippen molar-refractivity contribution in [3.05, 3.63) is 87.5 Å². The number of hydrogen-bond acceptors (Lipinski definition) is 4. The summed E-state index contributed by atoms with van der Waals surface area (Å²) in [5.41, 5.74) is 6.93. The first-order chi connectivity index (χ1) is 22.1. The van der Waals surface area contributed by atoms with Crippen molar-refractivity contribution < 1.29 is 19.7 Å². The molecule has 1 aliphatic rings. The molecule has 1 aliphatic heterocycles. The lowest BCUT2D eigenvalue weighted by Gasteiger charge is -2.35. The molecule has 1 unspecified atom stereocenters. The zero-order chi connectivity index (χ0) is 33.5. The number of ether oxygens (including phenoxy) is 2. The third kappa shape index (κ3) is 11.8. The second-order valence-electron chi connectivity index (χ2n) is 13.7. The fourth-order valence-electron chi connectivity index (χ4n) is 5.93. The summed E-state index contributed by atoms with van der Waals surface area (Å²) in [5.74, 6) is 1.99. The standard InChI is InChI=1S/C42H60O4/c1-8-10-12-19-34-26-38(43)36(22-21-33(7)18-14-16-31(3)4)40(28-34)45-30-42(24-15-17-32(5)6)25-23-37-39(44)27-35(20-13-11-9-2)29-41(37)46-42/h16-17,21,23,25-29,43-44H,8-15,18-20,22,24,30H2,1-7H3/b33-21+. The molecule has 0 saturated carbocycles. The summed E-state index contributed by atoms with van der Waals surface area (Å²) < 4.78 is 13.5. The van der Waals surface area contributed by atoms with Crippen LogP contribution in [0.2, 0.25) is 0 Å². The van der Waals surface area contributed by atoms with Gasteiger partial charge in [-0.15, -0.1) is 0 Å². The first-order valence-corrected chi connectivity index (χ1v) is 17.7. The van der Waals surface area contributed by atoms with Crippen molar-refractivity contribution in [2.75, 3.05) is 6.61 Å². The molecule has 0 saturated heterocycles. The number of benzene rings is 2. The van der Waals surface area contributed by atoms with E-state index in [2.05, 4.69) is 84.9 Å². The lowest BCUT2D eigenvalue weighted by atomic mass is 9.92. The van der Waals surface area contributed by atoms with Gasteiger partial charge in [-0.3, -0.25) is 0 Å². The number of unbranched alkanes of at least 4 members (excludes halogenated alkanes) is 4. The molecule has 4 nitrogen and oxygen atoms in total. The van der Waals surface area contributed by atoms with Gasteiger partial charge in [0.05, 0.1) is 5.56 Å². The van der Waals surface area contributed by atoms with Crippen LogP contribution < -0.4 is 9.47 Å². The van der Waals surface area contributed by atoms with Crippen molar-refractivity contribution in [3.63, 3.8) is 0 Å². The van der Waals surface area contributed by atoms with Crippen LogP contribution in [0.25, 0.3) is 6.08 Å². The highest BCUT2D eigenvalue weighted by Crippen LogP contribution is 2.41. The molecule has 252 valence electrons. The maximum Gasteiger partial charge on any atom is 0.161 e. The fraction of sp³-hybridized carbons (Fsp3) is 0.524. The molecule has 0 amide bonds. The Balaban J connectivity index is 1.93. The van der Waals surface area contributed by atoms with Gasteiger partial charge >= 0.3 is 0 Å². The predicted octanol–water partition coefficient (Wildman–Crippen LogP) is 11.8. The van der Waals surface area contributed by atoms with Crippen molar-refractivity contribution in [2.45, 2.75) is 138 Å². The molecule has 0 aromatic heterocycles. The van der Waals surface area contributed by atoms with Crippen LogP contribution in [-0.2, 0) is 19.3 Å². The Morgan fingerprint density at radius 2 is 1.41 bits per heavy atom. The number of aromatic hydroxyl groups is 2. The second kappa shape index (κ2) is 18.7. The molecule has 0 spiro atoms. The van der Waals surface area contributed by atoms with Crippen molar-refractivity contribution in [1.29, 1.82) is 0 Å². The highest BCUT2D eigenvalue weighted by molar-refractivity contribution is 5.68. The number of allylic oxidation sites excluding steroid dienone is 6. The molecule has 0 aliphatic carbocycles. The van der Waals surface area contributed by atoms with Gasteiger partial charge in [-0.1, -0.05) is 74.5 Å². The lowest BCUT2D eigenvalue weighted by Crippen LogP contribution is -2.42. The van der Waals surface area contributed by atoms with Crippen LogP contribution in [0.1, 0.15) is 135 Å². The Morgan fingerprint density at radius 3 is 2.07 bits per heavy atom. The molecule has 46 heavy (non-hydrogen) atoms. The zero-order valence-electron chi connectivity index (χ0n) is 29.8. The number of phenolic OH excluding ortho intramolecular Hbond substituents is 2. The molecule has 2 aromatic rings. The van der Waals surface area contributed by atoms with E-state index in [1.54, 1.807) is 0 Å². The van der Waals surface area contributed by atoms with Crippen LogP contribution in [0, 0.1) is 0 Å². The maximum absolute atomic E-state index is 11.3. The Kier molecular flexibility index (Phi) is 15.0. The van der Waals surface area contributed by atoms with E-state index in [1.807, 2.05) is 18.2 Å². The van der Waals surface area contributed by atoms with E-state index >= 15 is 0 Å². The summed E-state index contributed by atoms with van der Waals surface area (Å²) in [7, 11) is 0. The molecular formula is C42H60O4. The van der Waals surface area contributed by atoms with Gasteiger partial charge in [0.1, 0.15) is 29.6 Å². The minimum Gasteiger partial charge on any atom is -0.508 e. The van der Waals surface area contributed by atoms with Crippen molar-refractivity contribution in [1.82, 2.24) is 0 Å². The van der Waals surface area contributed by atoms with Gasteiger partial charge in [-0.2, -0.15) is 0 Å².